The number of hydrogen-bond acceptors (Lipinski definition) is 12. The summed E-state index contributed by atoms with van der Waals surface area (Å²) in [5.74, 6) is -2.99. The van der Waals surface area contributed by atoms with E-state index >= 15 is 0 Å². The molecule has 4 N–H and O–H groups in total. The van der Waals surface area contributed by atoms with Gasteiger partial charge in [0.25, 0.3) is 5.88 Å². The fraction of sp³-hybridized carbons (Fsp3) is 0.600. The topological polar surface area (TPSA) is 173 Å². The minimum atomic E-state index is -2.44. The molecule has 4 aliphatic rings. The number of nitrogens with one attached hydrogen (secondary N) is 2. The van der Waals surface area contributed by atoms with Gasteiger partial charge in [0.2, 0.25) is 11.7 Å². The molecule has 1 amide bonds. The Morgan fingerprint density at radius 1 is 1.17 bits per heavy atom. The van der Waals surface area contributed by atoms with Crippen LogP contribution in [-0.2, 0) is 11.2 Å². The monoisotopic (exact) mass is 666 g/mol. The normalized spacial score (nSPS) is 26.1. The summed E-state index contributed by atoms with van der Waals surface area (Å²) in [7, 11) is 5.09. The van der Waals surface area contributed by atoms with Crippen molar-refractivity contribution in [2.45, 2.75) is 82.9 Å². The quantitative estimate of drug-likeness (QED) is 0.239. The smallest absolute Gasteiger partial charge is 0.265 e. The van der Waals surface area contributed by atoms with E-state index in [1.807, 2.05) is 18.7 Å². The van der Waals surface area contributed by atoms with Crippen LogP contribution in [-0.4, -0.2) is 90.3 Å². The highest BCUT2D eigenvalue weighted by molar-refractivity contribution is 6.17. The number of methoxy groups -OCH3 is 1. The van der Waals surface area contributed by atoms with Gasteiger partial charge < -0.3 is 39.6 Å². The van der Waals surface area contributed by atoms with Crippen molar-refractivity contribution in [3.63, 3.8) is 0 Å². The molecule has 2 aromatic rings. The highest BCUT2D eigenvalue weighted by Crippen LogP contribution is 2.57. The van der Waals surface area contributed by atoms with E-state index in [2.05, 4.69) is 15.8 Å². The first-order valence-corrected chi connectivity index (χ1v) is 17.0. The minimum absolute atomic E-state index is 0.0337. The van der Waals surface area contributed by atoms with Crippen molar-refractivity contribution in [2.24, 2.45) is 11.8 Å². The number of unbranched alkanes of at least 4 members (excludes halogenated alkanes) is 2. The molecule has 5 atom stereocenters. The standard InChI is InChI=1S/C35H46N4O9/c1-6-8-13-46-29-22(37-33(43)21-11-10-12-36-21)17-23(45-5)19-15-18-16-20-27(39(3)4)30-26(34(38-48-30)47-14-9-7-2)32(42)35(20,44)31(41)24(18)28(40)25(19)29/h17-18,20-21,27,36,41,44H,6-16H2,1-5H3,(H,37,43)/t18-,20-,21-,27-,35-/m0/s1. The second-order valence-electron chi connectivity index (χ2n) is 13.4. The molecule has 13 heteroatoms. The number of fused-ring (bicyclic) bond motifs is 4. The van der Waals surface area contributed by atoms with Crippen molar-refractivity contribution >= 4 is 23.2 Å². The number of carbonyl (C=O) groups is 3. The number of aliphatic hydroxyl groups is 2. The summed E-state index contributed by atoms with van der Waals surface area (Å²) in [6, 6.07) is 0.643. The molecule has 3 aliphatic carbocycles. The van der Waals surface area contributed by atoms with Crippen molar-refractivity contribution in [3.8, 4) is 17.4 Å². The van der Waals surface area contributed by atoms with Gasteiger partial charge in [-0.25, -0.2) is 0 Å². The largest absolute Gasteiger partial charge is 0.508 e. The molecule has 0 radical (unpaired) electrons. The van der Waals surface area contributed by atoms with Crippen molar-refractivity contribution in [1.29, 1.82) is 0 Å². The molecule has 260 valence electrons. The van der Waals surface area contributed by atoms with Crippen LogP contribution in [0.4, 0.5) is 5.69 Å². The Morgan fingerprint density at radius 3 is 2.54 bits per heavy atom. The zero-order chi connectivity index (χ0) is 34.3. The van der Waals surface area contributed by atoms with Gasteiger partial charge in [-0.1, -0.05) is 26.7 Å². The van der Waals surface area contributed by atoms with E-state index < -0.39 is 40.8 Å². The number of carbonyl (C=O) groups excluding carboxylic acids is 3. The molecule has 0 spiro atoms. The van der Waals surface area contributed by atoms with Crippen LogP contribution in [0.1, 0.15) is 96.9 Å². The molecule has 13 nitrogen and oxygen atoms in total. The Balaban J connectivity index is 1.48. The van der Waals surface area contributed by atoms with Gasteiger partial charge in [0.15, 0.2) is 22.9 Å². The predicted molar refractivity (Wildman–Crippen MR) is 175 cm³/mol. The maximum absolute atomic E-state index is 14.7. The molecule has 0 bridgehead atoms. The number of nitrogens with zero attached hydrogens (tertiary/aromatic N) is 2. The summed E-state index contributed by atoms with van der Waals surface area (Å²) in [6.07, 6.45) is 5.12. The van der Waals surface area contributed by atoms with Gasteiger partial charge in [-0.05, 0) is 70.2 Å². The first-order valence-electron chi connectivity index (χ1n) is 17.0. The highest BCUT2D eigenvalue weighted by atomic mass is 16.5. The summed E-state index contributed by atoms with van der Waals surface area (Å²) >= 11 is 0. The summed E-state index contributed by atoms with van der Waals surface area (Å²) in [6.45, 7) is 5.33. The van der Waals surface area contributed by atoms with Crippen LogP contribution in [0.15, 0.2) is 21.9 Å². The van der Waals surface area contributed by atoms with Crippen LogP contribution in [0, 0.1) is 11.8 Å². The molecule has 1 aliphatic heterocycles. The van der Waals surface area contributed by atoms with Gasteiger partial charge in [-0.2, -0.15) is 0 Å². The number of Topliss-reactive ketones (excluding diaryl/α,β-unsaturated/α-hetero) is 2. The van der Waals surface area contributed by atoms with Gasteiger partial charge in [0.05, 0.1) is 43.7 Å². The zero-order valence-corrected chi connectivity index (χ0v) is 28.3. The number of hydrogen-bond donors (Lipinski definition) is 4. The van der Waals surface area contributed by atoms with Crippen molar-refractivity contribution < 1.29 is 43.3 Å². The number of aromatic nitrogens is 1. The van der Waals surface area contributed by atoms with Crippen molar-refractivity contribution in [3.05, 3.63) is 39.8 Å². The second kappa shape index (κ2) is 13.5. The summed E-state index contributed by atoms with van der Waals surface area (Å²) < 4.78 is 23.5. The van der Waals surface area contributed by atoms with E-state index in [1.165, 1.54) is 7.11 Å². The van der Waals surface area contributed by atoms with Gasteiger partial charge in [0, 0.05) is 23.1 Å². The molecule has 1 aromatic carbocycles. The lowest BCUT2D eigenvalue weighted by Gasteiger charge is -2.49. The number of allylic oxidation sites excluding steroid dienone is 1. The molecular formula is C35H46N4O9. The van der Waals surface area contributed by atoms with Crippen LogP contribution >= 0.6 is 0 Å². The van der Waals surface area contributed by atoms with Gasteiger partial charge in [-0.15, -0.1) is 0 Å². The SMILES string of the molecule is CCCCOc1noc2c1C(=O)[C@@]1(O)C(O)=C3C(=O)c4c(c(OC)cc(NC(=O)[C@@H]5CCCN5)c4OCCCC)C[C@H]3C[C@H]1[C@@H]2N(C)C. The lowest BCUT2D eigenvalue weighted by Crippen LogP contribution is -2.59. The lowest BCUT2D eigenvalue weighted by molar-refractivity contribution is -0.117. The van der Waals surface area contributed by atoms with Crippen molar-refractivity contribution in [2.75, 3.05) is 46.3 Å². The van der Waals surface area contributed by atoms with E-state index in [0.29, 0.717) is 30.8 Å². The third-order valence-electron chi connectivity index (χ3n) is 10.2. The molecule has 2 heterocycles. The van der Waals surface area contributed by atoms with Crippen molar-refractivity contribution in [1.82, 2.24) is 15.4 Å². The Labute approximate surface area is 280 Å². The van der Waals surface area contributed by atoms with Crippen LogP contribution < -0.4 is 24.8 Å². The molecule has 48 heavy (non-hydrogen) atoms. The Bertz CT molecular complexity index is 1630. The Hall–Kier alpha value is -3.94. The van der Waals surface area contributed by atoms with E-state index in [1.54, 1.807) is 20.2 Å². The number of ketones is 2. The molecule has 1 aromatic heterocycles. The number of benzene rings is 1. The third kappa shape index (κ3) is 5.45. The molecule has 1 fully saturated rings. The van der Waals surface area contributed by atoms with E-state index in [-0.39, 0.29) is 71.2 Å². The fourth-order valence-electron chi connectivity index (χ4n) is 7.73. The van der Waals surface area contributed by atoms with Crippen LogP contribution in [0.25, 0.3) is 0 Å². The molecule has 0 unspecified atom stereocenters. The lowest BCUT2D eigenvalue weighted by atomic mass is 9.58. The number of aliphatic hydroxyl groups excluding tert-OH is 1. The van der Waals surface area contributed by atoms with E-state index in [4.69, 9.17) is 18.7 Å². The molecule has 1 saturated heterocycles. The average Bonchev–Trinajstić information content (AvgIpc) is 3.75. The minimum Gasteiger partial charge on any atom is -0.508 e. The highest BCUT2D eigenvalue weighted by Gasteiger charge is 2.64. The van der Waals surface area contributed by atoms with E-state index in [9.17, 15) is 24.6 Å². The van der Waals surface area contributed by atoms with Crippen LogP contribution in [0.3, 0.4) is 0 Å². The van der Waals surface area contributed by atoms with Gasteiger partial charge in [-0.3, -0.25) is 19.3 Å². The van der Waals surface area contributed by atoms with E-state index in [0.717, 1.165) is 32.2 Å². The Morgan fingerprint density at radius 2 is 1.90 bits per heavy atom. The van der Waals surface area contributed by atoms with Gasteiger partial charge in [0.1, 0.15) is 17.1 Å². The maximum atomic E-state index is 14.7. The first kappa shape index (κ1) is 33.9. The number of rotatable bonds is 12. The Kier molecular flexibility index (Phi) is 9.56. The molecule has 6 rings (SSSR count). The first-order chi connectivity index (χ1) is 23.1. The van der Waals surface area contributed by atoms with Gasteiger partial charge >= 0.3 is 0 Å². The fourth-order valence-corrected chi connectivity index (χ4v) is 7.73. The molecular weight excluding hydrogens is 620 g/mol. The molecule has 0 saturated carbocycles. The average molecular weight is 667 g/mol. The second-order valence-corrected chi connectivity index (χ2v) is 13.4. The summed E-state index contributed by atoms with van der Waals surface area (Å²) in [5.41, 5.74) is -1.53. The maximum Gasteiger partial charge on any atom is 0.265 e. The third-order valence-corrected chi connectivity index (χ3v) is 10.2. The number of amides is 1. The summed E-state index contributed by atoms with van der Waals surface area (Å²) in [4.78, 5) is 44.0. The van der Waals surface area contributed by atoms with Crippen LogP contribution in [0.5, 0.6) is 17.4 Å². The van der Waals surface area contributed by atoms with Crippen LogP contribution in [0.2, 0.25) is 0 Å². The predicted octanol–water partition coefficient (Wildman–Crippen LogP) is 4.15. The zero-order valence-electron chi connectivity index (χ0n) is 28.3. The number of ether oxygens (including phenoxy) is 3. The summed E-state index contributed by atoms with van der Waals surface area (Å²) in [5, 5.41) is 34.6. The number of anilines is 1.